The van der Waals surface area contributed by atoms with Crippen molar-refractivity contribution >= 4 is 17.6 Å². The van der Waals surface area contributed by atoms with Gasteiger partial charge in [-0.25, -0.2) is 4.79 Å². The monoisotopic (exact) mass is 248 g/mol. The first-order chi connectivity index (χ1) is 8.08. The first-order valence-corrected chi connectivity index (χ1v) is 5.28. The standard InChI is InChI=1S/C13H9ClO3/c14-10-3-1-2-8(6-10)11-5-4-9(13(16)17)7-12(11)15/h1-7,15H,(H,16,17). The van der Waals surface area contributed by atoms with Crippen LogP contribution in [0, 0.1) is 0 Å². The number of rotatable bonds is 2. The first kappa shape index (κ1) is 11.5. The molecule has 0 unspecified atom stereocenters. The minimum atomic E-state index is -1.07. The van der Waals surface area contributed by atoms with Crippen LogP contribution in [0.2, 0.25) is 5.02 Å². The molecular weight excluding hydrogens is 240 g/mol. The topological polar surface area (TPSA) is 57.5 Å². The van der Waals surface area contributed by atoms with Crippen LogP contribution in [-0.2, 0) is 0 Å². The Hall–Kier alpha value is -2.00. The van der Waals surface area contributed by atoms with E-state index in [1.165, 1.54) is 12.1 Å². The Kier molecular flexibility index (Phi) is 3.02. The molecule has 0 saturated carbocycles. The Morgan fingerprint density at radius 1 is 1.12 bits per heavy atom. The third-order valence-electron chi connectivity index (χ3n) is 2.38. The fourth-order valence-electron chi connectivity index (χ4n) is 1.56. The van der Waals surface area contributed by atoms with Crippen LogP contribution in [0.1, 0.15) is 10.4 Å². The molecule has 4 heteroatoms. The van der Waals surface area contributed by atoms with Crippen LogP contribution in [0.4, 0.5) is 0 Å². The number of halogens is 1. The van der Waals surface area contributed by atoms with Gasteiger partial charge in [-0.1, -0.05) is 23.7 Å². The summed E-state index contributed by atoms with van der Waals surface area (Å²) in [4.78, 5) is 10.7. The number of aromatic carboxylic acids is 1. The Morgan fingerprint density at radius 2 is 1.88 bits per heavy atom. The Balaban J connectivity index is 2.50. The molecule has 0 fully saturated rings. The SMILES string of the molecule is O=C(O)c1ccc(-c2cccc(Cl)c2)c(O)c1. The first-order valence-electron chi connectivity index (χ1n) is 4.90. The number of benzene rings is 2. The zero-order valence-corrected chi connectivity index (χ0v) is 9.48. The molecule has 2 N–H and O–H groups in total. The normalized spacial score (nSPS) is 10.2. The largest absolute Gasteiger partial charge is 0.507 e. The number of phenols is 1. The van der Waals surface area contributed by atoms with Crippen LogP contribution in [0.15, 0.2) is 42.5 Å². The van der Waals surface area contributed by atoms with Crippen molar-refractivity contribution in [2.24, 2.45) is 0 Å². The minimum Gasteiger partial charge on any atom is -0.507 e. The van der Waals surface area contributed by atoms with Crippen molar-refractivity contribution in [3.63, 3.8) is 0 Å². The average Bonchev–Trinajstić information content (AvgIpc) is 2.28. The van der Waals surface area contributed by atoms with Crippen molar-refractivity contribution in [2.75, 3.05) is 0 Å². The van der Waals surface area contributed by atoms with Crippen LogP contribution >= 0.6 is 11.6 Å². The van der Waals surface area contributed by atoms with Gasteiger partial charge < -0.3 is 10.2 Å². The molecule has 3 nitrogen and oxygen atoms in total. The third kappa shape index (κ3) is 2.40. The molecule has 2 aromatic carbocycles. The average molecular weight is 249 g/mol. The lowest BCUT2D eigenvalue weighted by Crippen LogP contribution is -1.95. The molecule has 17 heavy (non-hydrogen) atoms. The van der Waals surface area contributed by atoms with E-state index in [2.05, 4.69) is 0 Å². The van der Waals surface area contributed by atoms with E-state index in [-0.39, 0.29) is 11.3 Å². The van der Waals surface area contributed by atoms with E-state index in [9.17, 15) is 9.90 Å². The van der Waals surface area contributed by atoms with Crippen molar-refractivity contribution in [3.05, 3.63) is 53.1 Å². The fourth-order valence-corrected chi connectivity index (χ4v) is 1.76. The summed E-state index contributed by atoms with van der Waals surface area (Å²) in [6, 6.07) is 11.2. The lowest BCUT2D eigenvalue weighted by Gasteiger charge is -2.06. The molecule has 0 saturated heterocycles. The molecule has 0 amide bonds. The van der Waals surface area contributed by atoms with E-state index >= 15 is 0 Å². The summed E-state index contributed by atoms with van der Waals surface area (Å²) in [7, 11) is 0. The molecule has 0 bridgehead atoms. The van der Waals surface area contributed by atoms with Crippen LogP contribution < -0.4 is 0 Å². The summed E-state index contributed by atoms with van der Waals surface area (Å²) in [5, 5.41) is 19.1. The highest BCUT2D eigenvalue weighted by Gasteiger charge is 2.09. The van der Waals surface area contributed by atoms with Gasteiger partial charge in [0.25, 0.3) is 0 Å². The van der Waals surface area contributed by atoms with Gasteiger partial charge in [0.1, 0.15) is 5.75 Å². The molecule has 2 aromatic rings. The summed E-state index contributed by atoms with van der Waals surface area (Å²) >= 11 is 5.85. The maximum absolute atomic E-state index is 10.7. The molecule has 2 rings (SSSR count). The van der Waals surface area contributed by atoms with E-state index in [0.29, 0.717) is 10.6 Å². The molecule has 0 aliphatic heterocycles. The highest BCUT2D eigenvalue weighted by atomic mass is 35.5. The van der Waals surface area contributed by atoms with Crippen LogP contribution in [-0.4, -0.2) is 16.2 Å². The Morgan fingerprint density at radius 3 is 2.47 bits per heavy atom. The lowest BCUT2D eigenvalue weighted by molar-refractivity contribution is 0.0696. The van der Waals surface area contributed by atoms with E-state index in [1.54, 1.807) is 30.3 Å². The van der Waals surface area contributed by atoms with Gasteiger partial charge in [0, 0.05) is 10.6 Å². The van der Waals surface area contributed by atoms with Gasteiger partial charge in [0.15, 0.2) is 0 Å². The predicted molar refractivity (Wildman–Crippen MR) is 65.5 cm³/mol. The van der Waals surface area contributed by atoms with Crippen molar-refractivity contribution in [2.45, 2.75) is 0 Å². The number of hydrogen-bond donors (Lipinski definition) is 2. The van der Waals surface area contributed by atoms with Gasteiger partial charge in [0.2, 0.25) is 0 Å². The summed E-state index contributed by atoms with van der Waals surface area (Å²) in [5.74, 6) is -1.15. The highest BCUT2D eigenvalue weighted by molar-refractivity contribution is 6.30. The second-order valence-electron chi connectivity index (χ2n) is 3.55. The highest BCUT2D eigenvalue weighted by Crippen LogP contribution is 2.31. The van der Waals surface area contributed by atoms with Gasteiger partial charge in [0.05, 0.1) is 5.56 Å². The van der Waals surface area contributed by atoms with Gasteiger partial charge in [-0.15, -0.1) is 0 Å². The summed E-state index contributed by atoms with van der Waals surface area (Å²) in [6.45, 7) is 0. The predicted octanol–water partition coefficient (Wildman–Crippen LogP) is 3.41. The molecule has 0 aliphatic carbocycles. The van der Waals surface area contributed by atoms with Crippen molar-refractivity contribution in [1.82, 2.24) is 0 Å². The van der Waals surface area contributed by atoms with E-state index in [4.69, 9.17) is 16.7 Å². The Labute approximate surface area is 103 Å². The van der Waals surface area contributed by atoms with Gasteiger partial charge in [-0.05, 0) is 35.9 Å². The van der Waals surface area contributed by atoms with Crippen LogP contribution in [0.5, 0.6) is 5.75 Å². The van der Waals surface area contributed by atoms with Crippen molar-refractivity contribution in [3.8, 4) is 16.9 Å². The minimum absolute atomic E-state index is 0.0493. The maximum atomic E-state index is 10.7. The molecule has 0 aromatic heterocycles. The van der Waals surface area contributed by atoms with Gasteiger partial charge >= 0.3 is 5.97 Å². The molecule has 0 radical (unpaired) electrons. The second-order valence-corrected chi connectivity index (χ2v) is 3.98. The van der Waals surface area contributed by atoms with Crippen molar-refractivity contribution < 1.29 is 15.0 Å². The quantitative estimate of drug-likeness (QED) is 0.856. The number of aromatic hydroxyl groups is 1. The number of carboxylic acid groups (broad SMARTS) is 1. The van der Waals surface area contributed by atoms with Crippen LogP contribution in [0.25, 0.3) is 11.1 Å². The Bertz CT molecular complexity index is 579. The van der Waals surface area contributed by atoms with Gasteiger partial charge in [-0.2, -0.15) is 0 Å². The molecule has 0 atom stereocenters. The number of carbonyl (C=O) groups is 1. The molecule has 0 aliphatic rings. The third-order valence-corrected chi connectivity index (χ3v) is 2.62. The fraction of sp³-hybridized carbons (Fsp3) is 0. The van der Waals surface area contributed by atoms with Gasteiger partial charge in [-0.3, -0.25) is 0 Å². The molecule has 86 valence electrons. The second kappa shape index (κ2) is 4.47. The molecule has 0 spiro atoms. The van der Waals surface area contributed by atoms with E-state index in [1.807, 2.05) is 0 Å². The number of hydrogen-bond acceptors (Lipinski definition) is 2. The van der Waals surface area contributed by atoms with E-state index < -0.39 is 5.97 Å². The van der Waals surface area contributed by atoms with Crippen LogP contribution in [0.3, 0.4) is 0 Å². The zero-order valence-electron chi connectivity index (χ0n) is 8.72. The summed E-state index contributed by atoms with van der Waals surface area (Å²) < 4.78 is 0. The summed E-state index contributed by atoms with van der Waals surface area (Å²) in [5.41, 5.74) is 1.35. The lowest BCUT2D eigenvalue weighted by atomic mass is 10.0. The summed E-state index contributed by atoms with van der Waals surface area (Å²) in [6.07, 6.45) is 0. The number of carboxylic acids is 1. The maximum Gasteiger partial charge on any atom is 0.335 e. The number of phenolic OH excluding ortho intramolecular Hbond substituents is 1. The smallest absolute Gasteiger partial charge is 0.335 e. The van der Waals surface area contributed by atoms with E-state index in [0.717, 1.165) is 5.56 Å². The van der Waals surface area contributed by atoms with Crippen molar-refractivity contribution in [1.29, 1.82) is 0 Å². The molecule has 0 heterocycles. The molecular formula is C13H9ClO3. The zero-order chi connectivity index (χ0) is 12.4.